The zero-order chi connectivity index (χ0) is 19.1. The lowest BCUT2D eigenvalue weighted by Crippen LogP contribution is -2.05. The van der Waals surface area contributed by atoms with Crippen molar-refractivity contribution >= 4 is 5.71 Å². The van der Waals surface area contributed by atoms with Crippen LogP contribution in [0, 0.1) is 0 Å². The van der Waals surface area contributed by atoms with E-state index in [4.69, 9.17) is 14.2 Å². The quantitative estimate of drug-likeness (QED) is 0.357. The summed E-state index contributed by atoms with van der Waals surface area (Å²) in [5.41, 5.74) is 12.6. The average molecular weight is 360 g/mol. The highest BCUT2D eigenvalue weighted by atomic mass is 16.5. The van der Waals surface area contributed by atoms with E-state index in [1.54, 1.807) is 26.4 Å². The highest BCUT2D eigenvalue weighted by molar-refractivity contribution is 6.09. The van der Waals surface area contributed by atoms with Crippen molar-refractivity contribution < 1.29 is 19.0 Å². The summed E-state index contributed by atoms with van der Waals surface area (Å²) in [6, 6.07) is 22.7. The zero-order valence-corrected chi connectivity index (χ0v) is 15.3. The van der Waals surface area contributed by atoms with Crippen LogP contribution in [0.5, 0.6) is 17.2 Å². The first kappa shape index (κ1) is 18.2. The molecule has 3 rings (SSSR count). The molecule has 27 heavy (non-hydrogen) atoms. The minimum Gasteiger partial charge on any atom is -0.493 e. The summed E-state index contributed by atoms with van der Waals surface area (Å²) >= 11 is 0. The molecule has 0 fully saturated rings. The summed E-state index contributed by atoms with van der Waals surface area (Å²) in [7, 11) is 3.19. The van der Waals surface area contributed by atoms with Crippen LogP contribution in [0.15, 0.2) is 72.8 Å². The number of hydrogen-bond acceptors (Lipinski definition) is 3. The van der Waals surface area contributed by atoms with Crippen molar-refractivity contribution in [3.05, 3.63) is 95.0 Å². The Labute approximate surface area is 158 Å². The van der Waals surface area contributed by atoms with Gasteiger partial charge in [0.1, 0.15) is 12.4 Å². The molecule has 0 saturated carbocycles. The molecule has 0 spiro atoms. The van der Waals surface area contributed by atoms with Gasteiger partial charge in [0.2, 0.25) is 0 Å². The van der Waals surface area contributed by atoms with Gasteiger partial charge in [0, 0.05) is 6.07 Å². The molecule has 0 aromatic heterocycles. The molecule has 0 atom stereocenters. The molecule has 136 valence electrons. The molecule has 0 unspecified atom stereocenters. The summed E-state index contributed by atoms with van der Waals surface area (Å²) in [4.78, 5) is 3.45. The van der Waals surface area contributed by atoms with E-state index < -0.39 is 0 Å². The Morgan fingerprint density at radius 1 is 0.815 bits per heavy atom. The molecule has 0 bridgehead atoms. The van der Waals surface area contributed by atoms with Crippen LogP contribution in [0.25, 0.3) is 5.53 Å². The Balaban J connectivity index is 1.70. The van der Waals surface area contributed by atoms with Crippen LogP contribution in [0.3, 0.4) is 0 Å². The van der Waals surface area contributed by atoms with E-state index in [9.17, 15) is 5.53 Å². The molecule has 0 aliphatic heterocycles. The SMILES string of the molecule is COc1ccc(OCc2ccc(C(=[N+]=[N-])c3ccccc3)cc2)cc1OC. The van der Waals surface area contributed by atoms with Crippen molar-refractivity contribution in [1.29, 1.82) is 0 Å². The molecule has 5 heteroatoms. The second-order valence-electron chi connectivity index (χ2n) is 5.82. The molecular weight excluding hydrogens is 340 g/mol. The van der Waals surface area contributed by atoms with Crippen molar-refractivity contribution in [3.63, 3.8) is 0 Å². The van der Waals surface area contributed by atoms with E-state index in [2.05, 4.69) is 4.79 Å². The maximum absolute atomic E-state index is 9.39. The number of benzene rings is 3. The molecule has 0 saturated heterocycles. The largest absolute Gasteiger partial charge is 0.493 e. The minimum absolute atomic E-state index is 0.409. The molecule has 0 aliphatic carbocycles. The molecule has 0 amide bonds. The fraction of sp³-hybridized carbons (Fsp3) is 0.136. The topological polar surface area (TPSA) is 64.1 Å². The number of methoxy groups -OCH3 is 2. The van der Waals surface area contributed by atoms with Crippen LogP contribution in [-0.2, 0) is 6.61 Å². The molecule has 0 radical (unpaired) electrons. The predicted molar refractivity (Wildman–Crippen MR) is 104 cm³/mol. The van der Waals surface area contributed by atoms with Crippen LogP contribution >= 0.6 is 0 Å². The lowest BCUT2D eigenvalue weighted by Gasteiger charge is -2.11. The van der Waals surface area contributed by atoms with Gasteiger partial charge in [0.25, 0.3) is 0 Å². The fourth-order valence-corrected chi connectivity index (χ4v) is 2.71. The van der Waals surface area contributed by atoms with E-state index in [0.717, 1.165) is 16.7 Å². The first-order chi connectivity index (χ1) is 13.2. The maximum atomic E-state index is 9.39. The summed E-state index contributed by atoms with van der Waals surface area (Å²) in [6.07, 6.45) is 0. The van der Waals surface area contributed by atoms with E-state index in [0.29, 0.717) is 29.6 Å². The molecular formula is C22H20N2O3. The van der Waals surface area contributed by atoms with Crippen LogP contribution in [-0.4, -0.2) is 24.7 Å². The smallest absolute Gasteiger partial charge is 0.329 e. The standard InChI is InChI=1S/C22H20N2O3/c1-25-20-13-12-19(14-21(20)26-2)27-15-16-8-10-18(11-9-16)22(24-23)17-6-4-3-5-7-17/h3-14H,15H2,1-2H3. The van der Waals surface area contributed by atoms with E-state index in [-0.39, 0.29) is 0 Å². The number of rotatable bonds is 7. The van der Waals surface area contributed by atoms with E-state index in [1.807, 2.05) is 60.7 Å². The molecule has 0 aliphatic rings. The highest BCUT2D eigenvalue weighted by Crippen LogP contribution is 2.31. The van der Waals surface area contributed by atoms with Gasteiger partial charge < -0.3 is 19.7 Å². The first-order valence-corrected chi connectivity index (χ1v) is 8.46. The van der Waals surface area contributed by atoms with Gasteiger partial charge in [0.05, 0.1) is 25.3 Å². The Morgan fingerprint density at radius 3 is 2.11 bits per heavy atom. The van der Waals surface area contributed by atoms with Gasteiger partial charge in [-0.05, 0) is 42.0 Å². The molecule has 3 aromatic rings. The number of nitrogens with zero attached hydrogens (tertiary/aromatic N) is 2. The van der Waals surface area contributed by atoms with Crippen molar-refractivity contribution in [3.8, 4) is 17.2 Å². The normalized spacial score (nSPS) is 10.0. The lowest BCUT2D eigenvalue weighted by molar-refractivity contribution is -0.00279. The van der Waals surface area contributed by atoms with E-state index >= 15 is 0 Å². The Hall–Kier alpha value is -3.56. The van der Waals surface area contributed by atoms with Crippen molar-refractivity contribution in [2.45, 2.75) is 6.61 Å². The van der Waals surface area contributed by atoms with Crippen LogP contribution in [0.4, 0.5) is 0 Å². The van der Waals surface area contributed by atoms with Gasteiger partial charge >= 0.3 is 5.71 Å². The first-order valence-electron chi connectivity index (χ1n) is 8.46. The van der Waals surface area contributed by atoms with E-state index in [1.165, 1.54) is 0 Å². The third-order valence-electron chi connectivity index (χ3n) is 4.14. The summed E-state index contributed by atoms with van der Waals surface area (Å²) in [6.45, 7) is 0.409. The zero-order valence-electron chi connectivity index (χ0n) is 15.3. The molecule has 0 N–H and O–H groups in total. The Bertz CT molecular complexity index is 947. The average Bonchev–Trinajstić information content (AvgIpc) is 2.74. The third kappa shape index (κ3) is 4.35. The molecule has 0 heterocycles. The Morgan fingerprint density at radius 2 is 1.48 bits per heavy atom. The third-order valence-corrected chi connectivity index (χ3v) is 4.14. The van der Waals surface area contributed by atoms with Gasteiger partial charge in [-0.3, -0.25) is 0 Å². The summed E-state index contributed by atoms with van der Waals surface area (Å²) < 4.78 is 16.3. The van der Waals surface area contributed by atoms with Crippen LogP contribution < -0.4 is 14.2 Å². The maximum Gasteiger partial charge on any atom is 0.329 e. The molecule has 5 nitrogen and oxygen atoms in total. The monoisotopic (exact) mass is 360 g/mol. The second-order valence-corrected chi connectivity index (χ2v) is 5.82. The van der Waals surface area contributed by atoms with Gasteiger partial charge in [-0.15, -0.1) is 0 Å². The highest BCUT2D eigenvalue weighted by Gasteiger charge is 2.14. The van der Waals surface area contributed by atoms with Gasteiger partial charge in [0.15, 0.2) is 11.5 Å². The number of hydrogen-bond donors (Lipinski definition) is 0. The summed E-state index contributed by atoms with van der Waals surface area (Å²) in [5.74, 6) is 1.97. The Kier molecular flexibility index (Phi) is 5.87. The van der Waals surface area contributed by atoms with Gasteiger partial charge in [-0.25, -0.2) is 0 Å². The van der Waals surface area contributed by atoms with Crippen molar-refractivity contribution in [2.75, 3.05) is 14.2 Å². The molecule has 3 aromatic carbocycles. The van der Waals surface area contributed by atoms with Crippen molar-refractivity contribution in [1.82, 2.24) is 0 Å². The van der Waals surface area contributed by atoms with Crippen LogP contribution in [0.1, 0.15) is 16.7 Å². The summed E-state index contributed by atoms with van der Waals surface area (Å²) in [5, 5.41) is 0. The lowest BCUT2D eigenvalue weighted by atomic mass is 10.0. The predicted octanol–water partition coefficient (Wildman–Crippen LogP) is 4.35. The second kappa shape index (κ2) is 8.70. The minimum atomic E-state index is 0.409. The van der Waals surface area contributed by atoms with Gasteiger partial charge in [-0.1, -0.05) is 30.3 Å². The fourth-order valence-electron chi connectivity index (χ4n) is 2.71. The van der Waals surface area contributed by atoms with Crippen LogP contribution in [0.2, 0.25) is 0 Å². The van der Waals surface area contributed by atoms with Crippen molar-refractivity contribution in [2.24, 2.45) is 0 Å². The van der Waals surface area contributed by atoms with Gasteiger partial charge in [-0.2, -0.15) is 4.79 Å². The number of ether oxygens (including phenoxy) is 3.